The van der Waals surface area contributed by atoms with Gasteiger partial charge in [-0.3, -0.25) is 28.9 Å². The fraction of sp³-hybridized carbons (Fsp3) is 0.353. The maximum Gasteiger partial charge on any atom is 0.310 e. The van der Waals surface area contributed by atoms with Gasteiger partial charge in [0.25, 0.3) is 11.8 Å². The Morgan fingerprint density at radius 1 is 1.20 bits per heavy atom. The molecule has 25 heavy (non-hydrogen) atoms. The van der Waals surface area contributed by atoms with E-state index in [1.165, 1.54) is 18.5 Å². The Bertz CT molecular complexity index is 825. The van der Waals surface area contributed by atoms with Crippen LogP contribution < -0.4 is 0 Å². The third kappa shape index (κ3) is 2.69. The van der Waals surface area contributed by atoms with Gasteiger partial charge >= 0.3 is 5.97 Å². The van der Waals surface area contributed by atoms with Gasteiger partial charge in [0.1, 0.15) is 6.61 Å². The monoisotopic (exact) mass is 340 g/mol. The molecule has 8 heteroatoms. The summed E-state index contributed by atoms with van der Waals surface area (Å²) < 4.78 is 7.10. The highest BCUT2D eigenvalue weighted by Crippen LogP contribution is 2.22. The van der Waals surface area contributed by atoms with Crippen molar-refractivity contribution in [2.45, 2.75) is 19.4 Å². The smallest absolute Gasteiger partial charge is 0.310 e. The van der Waals surface area contributed by atoms with E-state index < -0.39 is 5.91 Å². The number of hydrogen-bond acceptors (Lipinski definition) is 6. The lowest BCUT2D eigenvalue weighted by Gasteiger charge is -2.22. The van der Waals surface area contributed by atoms with Crippen molar-refractivity contribution in [1.82, 2.24) is 19.7 Å². The second-order valence-corrected chi connectivity index (χ2v) is 6.09. The molecule has 0 aromatic carbocycles. The first-order valence-corrected chi connectivity index (χ1v) is 8.12. The zero-order chi connectivity index (χ0) is 17.4. The fourth-order valence-corrected chi connectivity index (χ4v) is 3.24. The number of hydrogen-bond donors (Lipinski definition) is 0. The van der Waals surface area contributed by atoms with Crippen LogP contribution in [0.25, 0.3) is 0 Å². The Morgan fingerprint density at radius 2 is 2.04 bits per heavy atom. The van der Waals surface area contributed by atoms with Crippen LogP contribution in [0.4, 0.5) is 0 Å². The second kappa shape index (κ2) is 6.12. The minimum atomic E-state index is -0.400. The van der Waals surface area contributed by atoms with Crippen LogP contribution in [0.15, 0.2) is 30.7 Å². The zero-order valence-electron chi connectivity index (χ0n) is 13.4. The van der Waals surface area contributed by atoms with E-state index in [0.717, 1.165) is 17.0 Å². The number of aromatic nitrogens is 3. The van der Waals surface area contributed by atoms with Crippen molar-refractivity contribution < 1.29 is 19.1 Å². The van der Waals surface area contributed by atoms with E-state index in [9.17, 15) is 14.4 Å². The number of nitrogens with zero attached hydrogens (tertiary/aromatic N) is 4. The summed E-state index contributed by atoms with van der Waals surface area (Å²) in [7, 11) is 0. The van der Waals surface area contributed by atoms with Crippen molar-refractivity contribution in [3.8, 4) is 0 Å². The molecule has 0 N–H and O–H groups in total. The zero-order valence-corrected chi connectivity index (χ0v) is 13.4. The number of pyridine rings is 1. The minimum Gasteiger partial charge on any atom is -0.464 e. The molecule has 2 aromatic heterocycles. The molecule has 2 aliphatic heterocycles. The van der Waals surface area contributed by atoms with E-state index in [-0.39, 0.29) is 36.5 Å². The van der Waals surface area contributed by atoms with Gasteiger partial charge in [0.15, 0.2) is 0 Å². The van der Waals surface area contributed by atoms with Crippen molar-refractivity contribution in [2.75, 3.05) is 13.2 Å². The van der Waals surface area contributed by atoms with Crippen LogP contribution in [0.2, 0.25) is 0 Å². The van der Waals surface area contributed by atoms with Crippen LogP contribution in [0.3, 0.4) is 0 Å². The molecular formula is C17H16N4O4. The van der Waals surface area contributed by atoms with Crippen LogP contribution in [-0.4, -0.2) is 50.6 Å². The summed E-state index contributed by atoms with van der Waals surface area (Å²) in [4.78, 5) is 41.6. The second-order valence-electron chi connectivity index (χ2n) is 6.09. The Morgan fingerprint density at radius 3 is 2.88 bits per heavy atom. The average molecular weight is 340 g/mol. The number of carbonyl (C=O) groups excluding carboxylic acids is 3. The summed E-state index contributed by atoms with van der Waals surface area (Å²) in [6.45, 7) is 0.526. The SMILES string of the molecule is O=C(OCCN1C(=O)c2ccncc2C1=O)C1CCc2ccnn2C1. The van der Waals surface area contributed by atoms with Crippen molar-refractivity contribution in [3.05, 3.63) is 47.5 Å². The maximum absolute atomic E-state index is 12.2. The van der Waals surface area contributed by atoms with E-state index in [4.69, 9.17) is 4.74 Å². The number of fused-ring (bicyclic) bond motifs is 2. The molecule has 0 spiro atoms. The Labute approximate surface area is 143 Å². The molecule has 0 bridgehead atoms. The van der Waals surface area contributed by atoms with E-state index in [1.54, 1.807) is 6.20 Å². The summed E-state index contributed by atoms with van der Waals surface area (Å²) in [6.07, 6.45) is 6.07. The molecule has 0 radical (unpaired) electrons. The van der Waals surface area contributed by atoms with E-state index in [0.29, 0.717) is 18.5 Å². The third-order valence-corrected chi connectivity index (χ3v) is 4.61. The van der Waals surface area contributed by atoms with Gasteiger partial charge in [0.05, 0.1) is 30.1 Å². The molecule has 0 aliphatic carbocycles. The highest BCUT2D eigenvalue weighted by Gasteiger charge is 2.35. The molecule has 2 aromatic rings. The van der Waals surface area contributed by atoms with Crippen LogP contribution in [0.1, 0.15) is 32.8 Å². The van der Waals surface area contributed by atoms with E-state index in [1.807, 2.05) is 10.7 Å². The van der Waals surface area contributed by atoms with Crippen LogP contribution in [0, 0.1) is 5.92 Å². The summed E-state index contributed by atoms with van der Waals surface area (Å²) in [6, 6.07) is 3.46. The Balaban J connectivity index is 1.32. The normalized spacial score (nSPS) is 18.9. The molecule has 0 saturated heterocycles. The van der Waals surface area contributed by atoms with Gasteiger partial charge in [0.2, 0.25) is 0 Å². The van der Waals surface area contributed by atoms with Gasteiger partial charge in [-0.05, 0) is 25.0 Å². The van der Waals surface area contributed by atoms with Gasteiger partial charge in [-0.2, -0.15) is 5.10 Å². The standard InChI is InChI=1S/C17H16N4O4/c22-15-13-4-5-18-9-14(13)16(23)20(15)7-8-25-17(24)11-1-2-12-3-6-19-21(12)10-11/h3-6,9,11H,1-2,7-8,10H2. The number of ether oxygens (including phenoxy) is 1. The first-order valence-electron chi connectivity index (χ1n) is 8.12. The summed E-state index contributed by atoms with van der Waals surface area (Å²) in [5, 5.41) is 4.18. The molecular weight excluding hydrogens is 324 g/mol. The van der Waals surface area contributed by atoms with Crippen LogP contribution in [0.5, 0.6) is 0 Å². The first-order chi connectivity index (χ1) is 12.1. The summed E-state index contributed by atoms with van der Waals surface area (Å²) in [5.41, 5.74) is 1.74. The van der Waals surface area contributed by atoms with Crippen LogP contribution in [-0.2, 0) is 22.5 Å². The fourth-order valence-electron chi connectivity index (χ4n) is 3.24. The highest BCUT2D eigenvalue weighted by atomic mass is 16.5. The largest absolute Gasteiger partial charge is 0.464 e. The molecule has 2 aliphatic rings. The lowest BCUT2D eigenvalue weighted by atomic mass is 9.98. The number of esters is 1. The minimum absolute atomic E-state index is 0.0137. The molecule has 2 amide bonds. The lowest BCUT2D eigenvalue weighted by Crippen LogP contribution is -2.35. The van der Waals surface area contributed by atoms with E-state index >= 15 is 0 Å². The van der Waals surface area contributed by atoms with Gasteiger partial charge < -0.3 is 4.74 Å². The maximum atomic E-state index is 12.2. The third-order valence-electron chi connectivity index (χ3n) is 4.61. The highest BCUT2D eigenvalue weighted by molar-refractivity contribution is 6.21. The van der Waals surface area contributed by atoms with Crippen molar-refractivity contribution >= 4 is 17.8 Å². The van der Waals surface area contributed by atoms with Gasteiger partial charge in [-0.15, -0.1) is 0 Å². The van der Waals surface area contributed by atoms with Crippen molar-refractivity contribution in [1.29, 1.82) is 0 Å². The average Bonchev–Trinajstić information content (AvgIpc) is 3.20. The molecule has 128 valence electrons. The lowest BCUT2D eigenvalue weighted by molar-refractivity contribution is -0.150. The van der Waals surface area contributed by atoms with Crippen LogP contribution >= 0.6 is 0 Å². The van der Waals surface area contributed by atoms with Crippen molar-refractivity contribution in [3.63, 3.8) is 0 Å². The molecule has 1 atom stereocenters. The number of rotatable bonds is 4. The van der Waals surface area contributed by atoms with Gasteiger partial charge in [0, 0.05) is 24.3 Å². The molecule has 4 rings (SSSR count). The quantitative estimate of drug-likeness (QED) is 0.600. The first kappa shape index (κ1) is 15.5. The molecule has 0 fully saturated rings. The van der Waals surface area contributed by atoms with Gasteiger partial charge in [-0.1, -0.05) is 0 Å². The predicted octanol–water partition coefficient (Wildman–Crippen LogP) is 0.680. The number of carbonyl (C=O) groups is 3. The Hall–Kier alpha value is -3.03. The molecule has 4 heterocycles. The van der Waals surface area contributed by atoms with Gasteiger partial charge in [-0.25, -0.2) is 0 Å². The van der Waals surface area contributed by atoms with E-state index in [2.05, 4.69) is 10.1 Å². The molecule has 8 nitrogen and oxygen atoms in total. The number of amides is 2. The Kier molecular flexibility index (Phi) is 3.79. The summed E-state index contributed by atoms with van der Waals surface area (Å²) >= 11 is 0. The predicted molar refractivity (Wildman–Crippen MR) is 84.6 cm³/mol. The van der Waals surface area contributed by atoms with Crippen molar-refractivity contribution in [2.24, 2.45) is 5.92 Å². The summed E-state index contributed by atoms with van der Waals surface area (Å²) in [5.74, 6) is -1.35. The molecule has 0 saturated carbocycles. The number of aryl methyl sites for hydroxylation is 1. The molecule has 1 unspecified atom stereocenters. The number of imide groups is 1. The topological polar surface area (TPSA) is 94.4 Å².